The Morgan fingerprint density at radius 3 is 2.78 bits per heavy atom. The van der Waals surface area contributed by atoms with E-state index in [1.54, 1.807) is 0 Å². The van der Waals surface area contributed by atoms with Crippen molar-refractivity contribution in [2.75, 3.05) is 13.1 Å². The fourth-order valence-corrected chi connectivity index (χ4v) is 2.87. The highest BCUT2D eigenvalue weighted by molar-refractivity contribution is 7.89. The third-order valence-electron chi connectivity index (χ3n) is 2.59. The predicted octanol–water partition coefficient (Wildman–Crippen LogP) is -0.370. The number of pyridine rings is 1. The molecule has 1 atom stereocenters. The van der Waals surface area contributed by atoms with Crippen molar-refractivity contribution in [1.29, 1.82) is 0 Å². The van der Waals surface area contributed by atoms with Gasteiger partial charge in [0.05, 0.1) is 4.92 Å². The number of hydrogen-bond acceptors (Lipinski definition) is 6. The van der Waals surface area contributed by atoms with E-state index in [0.29, 0.717) is 13.0 Å². The maximum atomic E-state index is 11.9. The second kappa shape index (κ2) is 4.96. The van der Waals surface area contributed by atoms with Crippen molar-refractivity contribution in [2.45, 2.75) is 17.5 Å². The van der Waals surface area contributed by atoms with Gasteiger partial charge in [-0.1, -0.05) is 0 Å². The van der Waals surface area contributed by atoms with Crippen LogP contribution in [0.1, 0.15) is 6.42 Å². The molecule has 2 heterocycles. The molecule has 1 aromatic rings. The smallest absolute Gasteiger partial charge is 0.287 e. The van der Waals surface area contributed by atoms with Crippen LogP contribution in [0.3, 0.4) is 0 Å². The van der Waals surface area contributed by atoms with Crippen LogP contribution < -0.4 is 10.0 Å². The molecule has 0 radical (unpaired) electrons. The zero-order chi connectivity index (χ0) is 13.2. The SMILES string of the molecule is O=[N+]([O-])c1ccc(S(=O)(=O)N[C@H]2CCNC2)nc1. The molecule has 98 valence electrons. The molecule has 1 fully saturated rings. The molecular weight excluding hydrogens is 260 g/mol. The van der Waals surface area contributed by atoms with Gasteiger partial charge in [0.1, 0.15) is 6.20 Å². The monoisotopic (exact) mass is 272 g/mol. The van der Waals surface area contributed by atoms with E-state index < -0.39 is 14.9 Å². The fraction of sp³-hybridized carbons (Fsp3) is 0.444. The zero-order valence-electron chi connectivity index (χ0n) is 9.37. The minimum absolute atomic E-state index is 0.160. The molecule has 2 rings (SSSR count). The van der Waals surface area contributed by atoms with Crippen LogP contribution in [0.4, 0.5) is 5.69 Å². The molecule has 1 aliphatic rings. The number of hydrogen-bond donors (Lipinski definition) is 2. The minimum Gasteiger partial charge on any atom is -0.315 e. The molecule has 1 saturated heterocycles. The summed E-state index contributed by atoms with van der Waals surface area (Å²) in [4.78, 5) is 13.4. The molecule has 0 aromatic carbocycles. The van der Waals surface area contributed by atoms with Gasteiger partial charge in [-0.2, -0.15) is 0 Å². The van der Waals surface area contributed by atoms with E-state index >= 15 is 0 Å². The lowest BCUT2D eigenvalue weighted by Gasteiger charge is -2.10. The quantitative estimate of drug-likeness (QED) is 0.571. The molecule has 1 aromatic heterocycles. The van der Waals surface area contributed by atoms with Crippen molar-refractivity contribution in [3.8, 4) is 0 Å². The van der Waals surface area contributed by atoms with E-state index in [4.69, 9.17) is 0 Å². The van der Waals surface area contributed by atoms with Gasteiger partial charge in [-0.25, -0.2) is 18.1 Å². The van der Waals surface area contributed by atoms with Crippen molar-refractivity contribution in [3.05, 3.63) is 28.4 Å². The normalized spacial score (nSPS) is 19.9. The standard InChI is InChI=1S/C9H12N4O4S/c14-13(15)8-1-2-9(11-6-8)18(16,17)12-7-3-4-10-5-7/h1-2,6-7,10,12H,3-5H2/t7-/m0/s1. The third-order valence-corrected chi connectivity index (χ3v) is 4.02. The molecule has 0 saturated carbocycles. The summed E-state index contributed by atoms with van der Waals surface area (Å²) in [7, 11) is -3.71. The Morgan fingerprint density at radius 2 is 2.28 bits per heavy atom. The zero-order valence-corrected chi connectivity index (χ0v) is 10.2. The third kappa shape index (κ3) is 2.81. The van der Waals surface area contributed by atoms with Crippen molar-refractivity contribution in [1.82, 2.24) is 15.0 Å². The number of sulfonamides is 1. The van der Waals surface area contributed by atoms with Gasteiger partial charge in [0, 0.05) is 18.7 Å². The summed E-state index contributed by atoms with van der Waals surface area (Å²) in [6, 6.07) is 2.09. The molecule has 18 heavy (non-hydrogen) atoms. The first kappa shape index (κ1) is 12.9. The summed E-state index contributed by atoms with van der Waals surface area (Å²) < 4.78 is 26.3. The second-order valence-corrected chi connectivity index (χ2v) is 5.58. The van der Waals surface area contributed by atoms with Crippen molar-refractivity contribution < 1.29 is 13.3 Å². The average molecular weight is 272 g/mol. The number of nitrogens with one attached hydrogen (secondary N) is 2. The maximum absolute atomic E-state index is 11.9. The Bertz CT molecular complexity index is 536. The average Bonchev–Trinajstić information content (AvgIpc) is 2.81. The fourth-order valence-electron chi connectivity index (χ4n) is 1.67. The summed E-state index contributed by atoms with van der Waals surface area (Å²) in [5, 5.41) is 13.3. The van der Waals surface area contributed by atoms with Crippen LogP contribution in [0.25, 0.3) is 0 Å². The van der Waals surface area contributed by atoms with Crippen molar-refractivity contribution in [2.24, 2.45) is 0 Å². The highest BCUT2D eigenvalue weighted by atomic mass is 32.2. The van der Waals surface area contributed by atoms with Gasteiger partial charge in [-0.05, 0) is 19.0 Å². The van der Waals surface area contributed by atoms with Gasteiger partial charge in [0.2, 0.25) is 0 Å². The molecule has 0 aliphatic carbocycles. The largest absolute Gasteiger partial charge is 0.315 e. The lowest BCUT2D eigenvalue weighted by Crippen LogP contribution is -2.36. The molecule has 8 nitrogen and oxygen atoms in total. The molecule has 0 bridgehead atoms. The first-order valence-corrected chi connectivity index (χ1v) is 6.81. The Hall–Kier alpha value is -1.58. The Labute approximate surface area is 104 Å². The number of nitrogens with zero attached hydrogens (tertiary/aromatic N) is 2. The molecule has 1 aliphatic heterocycles. The van der Waals surface area contributed by atoms with Crippen molar-refractivity contribution >= 4 is 15.7 Å². The second-order valence-electron chi connectivity index (χ2n) is 3.92. The lowest BCUT2D eigenvalue weighted by atomic mass is 10.3. The van der Waals surface area contributed by atoms with Crippen LogP contribution in [0.15, 0.2) is 23.4 Å². The topological polar surface area (TPSA) is 114 Å². The van der Waals surface area contributed by atoms with E-state index in [2.05, 4.69) is 15.0 Å². The summed E-state index contributed by atoms with van der Waals surface area (Å²) in [5.74, 6) is 0. The first-order chi connectivity index (χ1) is 8.49. The summed E-state index contributed by atoms with van der Waals surface area (Å²) in [5.41, 5.74) is -0.239. The van der Waals surface area contributed by atoms with Crippen LogP contribution in [0, 0.1) is 10.1 Å². The van der Waals surface area contributed by atoms with Crippen molar-refractivity contribution in [3.63, 3.8) is 0 Å². The highest BCUT2D eigenvalue weighted by Gasteiger charge is 2.24. The number of rotatable bonds is 4. The Kier molecular flexibility index (Phi) is 3.55. The Morgan fingerprint density at radius 1 is 1.50 bits per heavy atom. The van der Waals surface area contributed by atoms with E-state index in [-0.39, 0.29) is 16.8 Å². The van der Waals surface area contributed by atoms with Gasteiger partial charge < -0.3 is 5.32 Å². The Balaban J connectivity index is 2.16. The molecule has 9 heteroatoms. The van der Waals surface area contributed by atoms with Gasteiger partial charge in [0.25, 0.3) is 15.7 Å². The summed E-state index contributed by atoms with van der Waals surface area (Å²) >= 11 is 0. The van der Waals surface area contributed by atoms with Gasteiger partial charge in [0.15, 0.2) is 5.03 Å². The van der Waals surface area contributed by atoms with E-state index in [9.17, 15) is 18.5 Å². The lowest BCUT2D eigenvalue weighted by molar-refractivity contribution is -0.385. The van der Waals surface area contributed by atoms with Crippen LogP contribution in [-0.4, -0.2) is 37.5 Å². The van der Waals surface area contributed by atoms with Gasteiger partial charge in [-0.3, -0.25) is 10.1 Å². The highest BCUT2D eigenvalue weighted by Crippen LogP contribution is 2.13. The van der Waals surface area contributed by atoms with E-state index in [1.807, 2.05) is 0 Å². The first-order valence-electron chi connectivity index (χ1n) is 5.32. The minimum atomic E-state index is -3.71. The summed E-state index contributed by atoms with van der Waals surface area (Å²) in [6.07, 6.45) is 1.65. The maximum Gasteiger partial charge on any atom is 0.287 e. The van der Waals surface area contributed by atoms with E-state index in [1.165, 1.54) is 0 Å². The van der Waals surface area contributed by atoms with Crippen LogP contribution in [0.2, 0.25) is 0 Å². The van der Waals surface area contributed by atoms with Gasteiger partial charge >= 0.3 is 0 Å². The van der Waals surface area contributed by atoms with Crippen LogP contribution in [0.5, 0.6) is 0 Å². The molecule has 0 amide bonds. The number of nitro groups is 1. The number of aromatic nitrogens is 1. The van der Waals surface area contributed by atoms with Gasteiger partial charge in [-0.15, -0.1) is 0 Å². The molecule has 0 unspecified atom stereocenters. The summed E-state index contributed by atoms with van der Waals surface area (Å²) in [6.45, 7) is 1.34. The molecule has 0 spiro atoms. The van der Waals surface area contributed by atoms with E-state index in [0.717, 1.165) is 24.9 Å². The predicted molar refractivity (Wildman–Crippen MR) is 62.5 cm³/mol. The van der Waals surface area contributed by atoms with Crippen LogP contribution in [-0.2, 0) is 10.0 Å². The molecule has 2 N–H and O–H groups in total. The van der Waals surface area contributed by atoms with Crippen LogP contribution >= 0.6 is 0 Å². The molecular formula is C9H12N4O4S.